The zero-order valence-corrected chi connectivity index (χ0v) is 10.8. The van der Waals surface area contributed by atoms with Crippen molar-refractivity contribution in [1.82, 2.24) is 0 Å². The van der Waals surface area contributed by atoms with Crippen molar-refractivity contribution < 1.29 is 18.6 Å². The number of rotatable bonds is 5. The van der Waals surface area contributed by atoms with E-state index < -0.39 is 22.0 Å². The summed E-state index contributed by atoms with van der Waals surface area (Å²) in [6, 6.07) is 6.56. The second-order valence-corrected chi connectivity index (χ2v) is 6.28. The van der Waals surface area contributed by atoms with Gasteiger partial charge >= 0.3 is 0 Å². The standard InChI is InChI=1S/C12H18O4S/c1-9(13)12(14)8-5-10-3-6-11(7-4-10)17(2,15)16/h3-4,6-7,9,12-14H,5,8H2,1-2H3. The van der Waals surface area contributed by atoms with Crippen molar-refractivity contribution in [3.8, 4) is 0 Å². The maximum absolute atomic E-state index is 11.2. The van der Waals surface area contributed by atoms with E-state index in [-0.39, 0.29) is 4.90 Å². The van der Waals surface area contributed by atoms with Gasteiger partial charge < -0.3 is 10.2 Å². The first-order valence-corrected chi connectivity index (χ1v) is 7.35. The minimum atomic E-state index is -3.15. The molecule has 1 aromatic carbocycles. The van der Waals surface area contributed by atoms with E-state index in [1.807, 2.05) is 0 Å². The number of sulfone groups is 1. The fourth-order valence-corrected chi connectivity index (χ4v) is 2.09. The third-order valence-electron chi connectivity index (χ3n) is 2.64. The van der Waals surface area contributed by atoms with Gasteiger partial charge in [0.15, 0.2) is 9.84 Å². The van der Waals surface area contributed by atoms with Gasteiger partial charge in [-0.05, 0) is 37.5 Å². The molecule has 1 rings (SSSR count). The molecule has 4 nitrogen and oxygen atoms in total. The Kier molecular flexibility index (Phi) is 4.68. The molecule has 0 heterocycles. The van der Waals surface area contributed by atoms with E-state index >= 15 is 0 Å². The molecule has 0 saturated carbocycles. The van der Waals surface area contributed by atoms with Gasteiger partial charge in [0.1, 0.15) is 0 Å². The van der Waals surface area contributed by atoms with Crippen molar-refractivity contribution in [3.05, 3.63) is 29.8 Å². The van der Waals surface area contributed by atoms with Gasteiger partial charge in [0.05, 0.1) is 17.1 Å². The molecule has 0 amide bonds. The van der Waals surface area contributed by atoms with Crippen LogP contribution < -0.4 is 0 Å². The molecule has 0 aliphatic rings. The summed E-state index contributed by atoms with van der Waals surface area (Å²) >= 11 is 0. The van der Waals surface area contributed by atoms with Gasteiger partial charge in [-0.1, -0.05) is 12.1 Å². The molecule has 0 aliphatic heterocycles. The van der Waals surface area contributed by atoms with Crippen LogP contribution in [0, 0.1) is 0 Å². The first-order chi connectivity index (χ1) is 7.80. The second-order valence-electron chi connectivity index (χ2n) is 4.26. The lowest BCUT2D eigenvalue weighted by Gasteiger charge is -2.13. The highest BCUT2D eigenvalue weighted by atomic mass is 32.2. The fraction of sp³-hybridized carbons (Fsp3) is 0.500. The average Bonchev–Trinajstić information content (AvgIpc) is 2.25. The third kappa shape index (κ3) is 4.46. The van der Waals surface area contributed by atoms with Crippen molar-refractivity contribution in [1.29, 1.82) is 0 Å². The number of aliphatic hydroxyl groups excluding tert-OH is 2. The monoisotopic (exact) mass is 258 g/mol. The quantitative estimate of drug-likeness (QED) is 0.818. The average molecular weight is 258 g/mol. The summed E-state index contributed by atoms with van der Waals surface area (Å²) in [6.07, 6.45) is 0.737. The normalized spacial score (nSPS) is 15.5. The zero-order valence-electron chi connectivity index (χ0n) is 10.00. The van der Waals surface area contributed by atoms with Crippen LogP contribution in [0.25, 0.3) is 0 Å². The molecule has 0 spiro atoms. The Morgan fingerprint density at radius 2 is 1.71 bits per heavy atom. The maximum Gasteiger partial charge on any atom is 0.175 e. The smallest absolute Gasteiger partial charge is 0.175 e. The molecule has 0 saturated heterocycles. The van der Waals surface area contributed by atoms with Gasteiger partial charge in [-0.3, -0.25) is 0 Å². The summed E-state index contributed by atoms with van der Waals surface area (Å²) in [5.41, 5.74) is 0.942. The van der Waals surface area contributed by atoms with E-state index in [2.05, 4.69) is 0 Å². The van der Waals surface area contributed by atoms with Crippen molar-refractivity contribution in [3.63, 3.8) is 0 Å². The molecule has 2 unspecified atom stereocenters. The first-order valence-electron chi connectivity index (χ1n) is 5.46. The molecule has 0 bridgehead atoms. The summed E-state index contributed by atoms with van der Waals surface area (Å²) in [5.74, 6) is 0. The number of aryl methyl sites for hydroxylation is 1. The van der Waals surface area contributed by atoms with Crippen LogP contribution in [0.2, 0.25) is 0 Å². The van der Waals surface area contributed by atoms with Crippen LogP contribution in [0.4, 0.5) is 0 Å². The number of benzene rings is 1. The SMILES string of the molecule is CC(O)C(O)CCc1ccc(S(C)(=O)=O)cc1. The number of hydrogen-bond acceptors (Lipinski definition) is 4. The van der Waals surface area contributed by atoms with Crippen molar-refractivity contribution in [2.24, 2.45) is 0 Å². The minimum Gasteiger partial charge on any atom is -0.391 e. The Balaban J connectivity index is 2.64. The van der Waals surface area contributed by atoms with Gasteiger partial charge in [0.2, 0.25) is 0 Å². The van der Waals surface area contributed by atoms with Gasteiger partial charge in [0.25, 0.3) is 0 Å². The molecule has 0 aromatic heterocycles. The lowest BCUT2D eigenvalue weighted by molar-refractivity contribution is 0.0265. The van der Waals surface area contributed by atoms with E-state index in [1.165, 1.54) is 13.2 Å². The molecular formula is C12H18O4S. The highest BCUT2D eigenvalue weighted by molar-refractivity contribution is 7.90. The van der Waals surface area contributed by atoms with Crippen molar-refractivity contribution >= 4 is 9.84 Å². The van der Waals surface area contributed by atoms with Gasteiger partial charge in [-0.25, -0.2) is 8.42 Å². The molecule has 5 heteroatoms. The maximum atomic E-state index is 11.2. The Bertz CT molecular complexity index is 448. The summed E-state index contributed by atoms with van der Waals surface area (Å²) in [6.45, 7) is 1.54. The van der Waals surface area contributed by atoms with Gasteiger partial charge in [-0.15, -0.1) is 0 Å². The Morgan fingerprint density at radius 3 is 2.12 bits per heavy atom. The zero-order chi connectivity index (χ0) is 13.1. The van der Waals surface area contributed by atoms with E-state index in [9.17, 15) is 13.5 Å². The van der Waals surface area contributed by atoms with Crippen LogP contribution in [0.5, 0.6) is 0 Å². The van der Waals surface area contributed by atoms with E-state index in [1.54, 1.807) is 24.3 Å². The summed E-state index contributed by atoms with van der Waals surface area (Å²) in [7, 11) is -3.15. The molecule has 2 N–H and O–H groups in total. The Labute approximate surface area is 102 Å². The molecular weight excluding hydrogens is 240 g/mol. The van der Waals surface area contributed by atoms with Crippen LogP contribution in [-0.4, -0.2) is 37.1 Å². The van der Waals surface area contributed by atoms with E-state index in [0.29, 0.717) is 12.8 Å². The van der Waals surface area contributed by atoms with E-state index in [4.69, 9.17) is 5.11 Å². The van der Waals surface area contributed by atoms with E-state index in [0.717, 1.165) is 5.56 Å². The molecule has 0 radical (unpaired) electrons. The number of aliphatic hydroxyl groups is 2. The van der Waals surface area contributed by atoms with Crippen LogP contribution in [0.1, 0.15) is 18.9 Å². The molecule has 0 fully saturated rings. The Hall–Kier alpha value is -0.910. The van der Waals surface area contributed by atoms with Crippen molar-refractivity contribution in [2.45, 2.75) is 36.9 Å². The van der Waals surface area contributed by atoms with Gasteiger partial charge in [-0.2, -0.15) is 0 Å². The highest BCUT2D eigenvalue weighted by Crippen LogP contribution is 2.13. The van der Waals surface area contributed by atoms with Crippen LogP contribution in [-0.2, 0) is 16.3 Å². The van der Waals surface area contributed by atoms with Crippen LogP contribution in [0.3, 0.4) is 0 Å². The largest absolute Gasteiger partial charge is 0.391 e. The van der Waals surface area contributed by atoms with Crippen LogP contribution >= 0.6 is 0 Å². The summed E-state index contributed by atoms with van der Waals surface area (Å²) < 4.78 is 22.5. The molecule has 2 atom stereocenters. The molecule has 17 heavy (non-hydrogen) atoms. The lowest BCUT2D eigenvalue weighted by Crippen LogP contribution is -2.22. The van der Waals surface area contributed by atoms with Crippen LogP contribution in [0.15, 0.2) is 29.2 Å². The number of hydrogen-bond donors (Lipinski definition) is 2. The third-order valence-corrected chi connectivity index (χ3v) is 3.77. The summed E-state index contributed by atoms with van der Waals surface area (Å²) in [5, 5.41) is 18.5. The summed E-state index contributed by atoms with van der Waals surface area (Å²) in [4.78, 5) is 0.289. The molecule has 1 aromatic rings. The first kappa shape index (κ1) is 14.2. The lowest BCUT2D eigenvalue weighted by atomic mass is 10.0. The van der Waals surface area contributed by atoms with Crippen molar-refractivity contribution in [2.75, 3.05) is 6.26 Å². The second kappa shape index (κ2) is 5.62. The Morgan fingerprint density at radius 1 is 1.18 bits per heavy atom. The predicted molar refractivity (Wildman–Crippen MR) is 65.6 cm³/mol. The molecule has 0 aliphatic carbocycles. The van der Waals surface area contributed by atoms with Gasteiger partial charge in [0, 0.05) is 6.26 Å². The minimum absolute atomic E-state index is 0.289. The predicted octanol–water partition coefficient (Wildman–Crippen LogP) is 0.764. The molecule has 96 valence electrons. The fourth-order valence-electron chi connectivity index (χ4n) is 1.46. The topological polar surface area (TPSA) is 74.6 Å². The highest BCUT2D eigenvalue weighted by Gasteiger charge is 2.11.